The number of carbonyl (C=O) groups is 1. The summed E-state index contributed by atoms with van der Waals surface area (Å²) < 4.78 is 0. The zero-order valence-corrected chi connectivity index (χ0v) is 11.7. The highest BCUT2D eigenvalue weighted by Crippen LogP contribution is 2.29. The largest absolute Gasteiger partial charge is 0.506 e. The van der Waals surface area contributed by atoms with Crippen molar-refractivity contribution in [2.45, 2.75) is 13.5 Å². The maximum atomic E-state index is 12.2. The van der Waals surface area contributed by atoms with Gasteiger partial charge in [-0.15, -0.1) is 0 Å². The Bertz CT molecular complexity index is 772. The van der Waals surface area contributed by atoms with E-state index in [9.17, 15) is 9.90 Å². The van der Waals surface area contributed by atoms with E-state index < -0.39 is 0 Å². The number of Topliss-reactive ketones (excluding diaryl/α,β-unsaturated/α-hetero) is 1. The molecule has 0 saturated carbocycles. The molecular formula is C18H15NO2. The van der Waals surface area contributed by atoms with Crippen LogP contribution in [0.25, 0.3) is 5.76 Å². The molecule has 1 aliphatic rings. The summed E-state index contributed by atoms with van der Waals surface area (Å²) in [5.74, 6) is -0.152. The normalized spacial score (nSPS) is 14.0. The van der Waals surface area contributed by atoms with Crippen molar-refractivity contribution < 1.29 is 9.90 Å². The van der Waals surface area contributed by atoms with E-state index in [1.165, 1.54) is 6.21 Å². The molecule has 3 rings (SSSR count). The summed E-state index contributed by atoms with van der Waals surface area (Å²) in [5, 5.41) is 10.1. The first kappa shape index (κ1) is 13.3. The third kappa shape index (κ3) is 2.38. The minimum absolute atomic E-state index is 0.0177. The van der Waals surface area contributed by atoms with Crippen LogP contribution in [-0.2, 0) is 6.54 Å². The Labute approximate surface area is 123 Å². The van der Waals surface area contributed by atoms with Crippen LogP contribution in [0.1, 0.15) is 27.0 Å². The summed E-state index contributed by atoms with van der Waals surface area (Å²) in [6, 6.07) is 15.0. The van der Waals surface area contributed by atoms with Crippen LogP contribution >= 0.6 is 0 Å². The van der Waals surface area contributed by atoms with Crippen molar-refractivity contribution in [2.75, 3.05) is 0 Å². The highest BCUT2D eigenvalue weighted by molar-refractivity contribution is 6.30. The average molecular weight is 277 g/mol. The van der Waals surface area contributed by atoms with E-state index in [0.717, 1.165) is 11.1 Å². The topological polar surface area (TPSA) is 49.7 Å². The summed E-state index contributed by atoms with van der Waals surface area (Å²) in [6.07, 6.45) is 1.48. The number of aliphatic imine (C=N–C) groups is 1. The van der Waals surface area contributed by atoms with Crippen LogP contribution in [-0.4, -0.2) is 17.1 Å². The van der Waals surface area contributed by atoms with Gasteiger partial charge in [0.15, 0.2) is 5.78 Å². The van der Waals surface area contributed by atoms with Crippen molar-refractivity contribution in [1.29, 1.82) is 0 Å². The molecule has 104 valence electrons. The van der Waals surface area contributed by atoms with Gasteiger partial charge in [0.1, 0.15) is 5.76 Å². The van der Waals surface area contributed by atoms with Crippen LogP contribution in [0.4, 0.5) is 0 Å². The van der Waals surface area contributed by atoms with E-state index in [2.05, 4.69) is 4.99 Å². The molecule has 0 saturated heterocycles. The number of hydrogen-bond acceptors (Lipinski definition) is 3. The molecule has 0 unspecified atom stereocenters. The second-order valence-electron chi connectivity index (χ2n) is 5.03. The number of aryl methyl sites for hydroxylation is 1. The molecule has 0 amide bonds. The number of carbonyl (C=O) groups excluding carboxylic acids is 1. The van der Waals surface area contributed by atoms with Crippen molar-refractivity contribution in [3.63, 3.8) is 0 Å². The molecule has 0 bridgehead atoms. The molecule has 0 atom stereocenters. The van der Waals surface area contributed by atoms with Gasteiger partial charge in [-0.1, -0.05) is 48.5 Å². The van der Waals surface area contributed by atoms with Crippen molar-refractivity contribution >= 4 is 17.8 Å². The predicted octanol–water partition coefficient (Wildman–Crippen LogP) is 3.73. The minimum Gasteiger partial charge on any atom is -0.506 e. The third-order valence-electron chi connectivity index (χ3n) is 3.67. The van der Waals surface area contributed by atoms with Crippen LogP contribution in [0, 0.1) is 6.92 Å². The lowest BCUT2D eigenvalue weighted by Gasteiger charge is -2.01. The average Bonchev–Trinajstić information content (AvgIpc) is 2.74. The molecule has 0 aromatic heterocycles. The van der Waals surface area contributed by atoms with Gasteiger partial charge in [0.2, 0.25) is 0 Å². The number of allylic oxidation sites excluding steroid dienone is 1. The Kier molecular flexibility index (Phi) is 3.40. The molecule has 21 heavy (non-hydrogen) atoms. The van der Waals surface area contributed by atoms with Gasteiger partial charge in [-0.3, -0.25) is 9.79 Å². The molecule has 2 aromatic carbocycles. The fraction of sp³-hybridized carbons (Fsp3) is 0.111. The van der Waals surface area contributed by atoms with Gasteiger partial charge < -0.3 is 5.11 Å². The standard InChI is InChI=1S/C18H15NO2/c1-12-6-2-3-7-13(12)10-19-11-16-17(20)14-8-4-5-9-15(14)18(16)21/h2-9,11,20H,10H2,1H3. The summed E-state index contributed by atoms with van der Waals surface area (Å²) in [7, 11) is 0. The van der Waals surface area contributed by atoms with Crippen LogP contribution < -0.4 is 0 Å². The van der Waals surface area contributed by atoms with Crippen LogP contribution in [0.15, 0.2) is 59.1 Å². The molecule has 1 N–H and O–H groups in total. The van der Waals surface area contributed by atoms with E-state index in [1.807, 2.05) is 31.2 Å². The van der Waals surface area contributed by atoms with E-state index in [4.69, 9.17) is 0 Å². The summed E-state index contributed by atoms with van der Waals surface area (Å²) in [5.41, 5.74) is 3.66. The number of fused-ring (bicyclic) bond motifs is 1. The van der Waals surface area contributed by atoms with E-state index >= 15 is 0 Å². The molecule has 3 heteroatoms. The Morgan fingerprint density at radius 2 is 1.71 bits per heavy atom. The molecular weight excluding hydrogens is 262 g/mol. The molecule has 3 nitrogen and oxygen atoms in total. The summed E-state index contributed by atoms with van der Waals surface area (Å²) in [4.78, 5) is 16.5. The Balaban J connectivity index is 1.83. The zero-order chi connectivity index (χ0) is 14.8. The number of nitrogens with zero attached hydrogens (tertiary/aromatic N) is 1. The number of aliphatic hydroxyl groups is 1. The molecule has 0 aliphatic heterocycles. The highest BCUT2D eigenvalue weighted by Gasteiger charge is 2.27. The number of ketones is 1. The van der Waals surface area contributed by atoms with Gasteiger partial charge in [0.25, 0.3) is 0 Å². The smallest absolute Gasteiger partial charge is 0.199 e. The van der Waals surface area contributed by atoms with E-state index in [-0.39, 0.29) is 17.1 Å². The molecule has 2 aromatic rings. The summed E-state index contributed by atoms with van der Waals surface area (Å²) >= 11 is 0. The third-order valence-corrected chi connectivity index (χ3v) is 3.67. The Morgan fingerprint density at radius 3 is 2.43 bits per heavy atom. The second-order valence-corrected chi connectivity index (χ2v) is 5.03. The van der Waals surface area contributed by atoms with Crippen molar-refractivity contribution in [2.24, 2.45) is 4.99 Å². The Hall–Kier alpha value is -2.68. The van der Waals surface area contributed by atoms with Crippen LogP contribution in [0.5, 0.6) is 0 Å². The maximum Gasteiger partial charge on any atom is 0.199 e. The van der Waals surface area contributed by atoms with Gasteiger partial charge in [0.05, 0.1) is 12.1 Å². The number of benzene rings is 2. The van der Waals surface area contributed by atoms with Gasteiger partial charge >= 0.3 is 0 Å². The monoisotopic (exact) mass is 277 g/mol. The van der Waals surface area contributed by atoms with Crippen molar-refractivity contribution in [3.8, 4) is 0 Å². The second kappa shape index (κ2) is 5.37. The number of aliphatic hydroxyl groups excluding tert-OH is 1. The van der Waals surface area contributed by atoms with Crippen LogP contribution in [0.3, 0.4) is 0 Å². The molecule has 1 aliphatic carbocycles. The first-order valence-electron chi connectivity index (χ1n) is 6.80. The molecule has 0 spiro atoms. The van der Waals surface area contributed by atoms with E-state index in [1.54, 1.807) is 24.3 Å². The number of rotatable bonds is 3. The van der Waals surface area contributed by atoms with Gasteiger partial charge in [-0.25, -0.2) is 0 Å². The fourth-order valence-electron chi connectivity index (χ4n) is 2.43. The van der Waals surface area contributed by atoms with Crippen molar-refractivity contribution in [1.82, 2.24) is 0 Å². The number of hydrogen-bond donors (Lipinski definition) is 1. The zero-order valence-electron chi connectivity index (χ0n) is 11.7. The Morgan fingerprint density at radius 1 is 1.05 bits per heavy atom. The van der Waals surface area contributed by atoms with Gasteiger partial charge in [-0.05, 0) is 18.1 Å². The van der Waals surface area contributed by atoms with Crippen molar-refractivity contribution in [3.05, 3.63) is 76.4 Å². The quantitative estimate of drug-likeness (QED) is 0.869. The SMILES string of the molecule is Cc1ccccc1CN=CC1=C(O)c2ccccc2C1=O. The summed E-state index contributed by atoms with van der Waals surface area (Å²) in [6.45, 7) is 2.52. The maximum absolute atomic E-state index is 12.2. The fourth-order valence-corrected chi connectivity index (χ4v) is 2.43. The molecule has 0 heterocycles. The molecule has 0 radical (unpaired) electrons. The first-order valence-corrected chi connectivity index (χ1v) is 6.80. The van der Waals surface area contributed by atoms with Gasteiger partial charge in [0, 0.05) is 17.3 Å². The lowest BCUT2D eigenvalue weighted by molar-refractivity contribution is 0.104. The predicted molar refractivity (Wildman–Crippen MR) is 83.7 cm³/mol. The highest BCUT2D eigenvalue weighted by atomic mass is 16.3. The molecule has 0 fully saturated rings. The van der Waals surface area contributed by atoms with Crippen LogP contribution in [0.2, 0.25) is 0 Å². The van der Waals surface area contributed by atoms with Gasteiger partial charge in [-0.2, -0.15) is 0 Å². The first-order chi connectivity index (χ1) is 10.2. The lowest BCUT2D eigenvalue weighted by Crippen LogP contribution is -2.00. The van der Waals surface area contributed by atoms with E-state index in [0.29, 0.717) is 17.7 Å². The lowest BCUT2D eigenvalue weighted by atomic mass is 10.1. The minimum atomic E-state index is -0.170.